The maximum absolute atomic E-state index is 0. The summed E-state index contributed by atoms with van der Waals surface area (Å²) in [4.78, 5) is 0. The molecule has 0 aliphatic heterocycles. The van der Waals surface area contributed by atoms with E-state index in [0.717, 1.165) is 0 Å². The molecule has 4 heavy (non-hydrogen) atoms. The summed E-state index contributed by atoms with van der Waals surface area (Å²) in [6.45, 7) is 0. The van der Waals surface area contributed by atoms with E-state index in [9.17, 15) is 0 Å². The summed E-state index contributed by atoms with van der Waals surface area (Å²) in [5, 5.41) is 0. The van der Waals surface area contributed by atoms with Crippen LogP contribution in [0.5, 0.6) is 0 Å². The zero-order valence-electron chi connectivity index (χ0n) is 1.47. The molecule has 0 N–H and O–H groups in total. The van der Waals surface area contributed by atoms with Crippen LogP contribution < -0.4 is 0 Å². The van der Waals surface area contributed by atoms with E-state index >= 15 is 0 Å². The summed E-state index contributed by atoms with van der Waals surface area (Å²) in [5.41, 5.74) is 0. The molecule has 0 heterocycles. The van der Waals surface area contributed by atoms with Gasteiger partial charge < -0.3 is 27.0 Å². The molecule has 31 valence electrons. The van der Waals surface area contributed by atoms with Gasteiger partial charge in [0, 0.05) is 0 Å². The second-order valence-corrected chi connectivity index (χ2v) is 0. The van der Waals surface area contributed by atoms with Gasteiger partial charge in [0.15, 0.2) is 0 Å². The predicted molar refractivity (Wildman–Crippen MR) is 14.7 cm³/mol. The molecule has 0 spiro atoms. The maximum atomic E-state index is 0. The van der Waals surface area contributed by atoms with Crippen molar-refractivity contribution in [3.8, 4) is 0 Å². The Kier molecular flexibility index (Phi) is 233. The van der Waals surface area contributed by atoms with E-state index in [1.165, 1.54) is 0 Å². The Balaban J connectivity index is 0. The Morgan fingerprint density at radius 3 is 0.750 bits per heavy atom. The molecule has 0 aromatic carbocycles. The standard InChI is InChI=1S/Cu.Fe.2S/q2*+2;2*-2. The van der Waals surface area contributed by atoms with Gasteiger partial charge in [-0.2, -0.15) is 0 Å². The van der Waals surface area contributed by atoms with Crippen LogP contribution in [-0.4, -0.2) is 0 Å². The molecule has 1 radical (unpaired) electrons. The molecule has 0 atom stereocenters. The minimum Gasteiger partial charge on any atom is -2.00 e. The van der Waals surface area contributed by atoms with Crippen LogP contribution in [0.1, 0.15) is 0 Å². The fourth-order valence-electron chi connectivity index (χ4n) is 0. The first-order chi connectivity index (χ1) is 0. The third-order valence-electron chi connectivity index (χ3n) is 0. The van der Waals surface area contributed by atoms with Crippen LogP contribution in [0.2, 0.25) is 0 Å². The smallest absolute Gasteiger partial charge is 2.00 e. The van der Waals surface area contributed by atoms with Crippen LogP contribution in [0.25, 0.3) is 0 Å². The van der Waals surface area contributed by atoms with Gasteiger partial charge in [0.1, 0.15) is 0 Å². The van der Waals surface area contributed by atoms with E-state index in [1.54, 1.807) is 0 Å². The first-order valence-corrected chi connectivity index (χ1v) is 0. The average Bonchev–Trinajstić information content (AvgIpc) is 0. The number of rotatable bonds is 0. The van der Waals surface area contributed by atoms with Crippen LogP contribution in [0.4, 0.5) is 0 Å². The van der Waals surface area contributed by atoms with E-state index < -0.39 is 0 Å². The molecule has 4 heteroatoms. The molecule has 0 aromatic rings. The van der Waals surface area contributed by atoms with Crippen LogP contribution in [0.3, 0.4) is 0 Å². The second-order valence-electron chi connectivity index (χ2n) is 0. The molecule has 0 unspecified atom stereocenters. The van der Waals surface area contributed by atoms with E-state index in [2.05, 4.69) is 0 Å². The third kappa shape index (κ3) is 9.28. The summed E-state index contributed by atoms with van der Waals surface area (Å²) >= 11 is 0. The van der Waals surface area contributed by atoms with E-state index in [4.69, 9.17) is 0 Å². The van der Waals surface area contributed by atoms with Crippen LogP contribution in [0.15, 0.2) is 0 Å². The van der Waals surface area contributed by atoms with Crippen molar-refractivity contribution in [2.75, 3.05) is 0 Å². The molecule has 0 aliphatic carbocycles. The van der Waals surface area contributed by atoms with Crippen molar-refractivity contribution in [2.24, 2.45) is 0 Å². The molecule has 0 aliphatic rings. The Bertz CT molecular complexity index is 6.00. The van der Waals surface area contributed by atoms with E-state index in [-0.39, 0.29) is 61.1 Å². The first kappa shape index (κ1) is 42.6. The monoisotopic (exact) mass is 183 g/mol. The quantitative estimate of drug-likeness (QED) is 0.464. The summed E-state index contributed by atoms with van der Waals surface area (Å²) in [5.74, 6) is 0. The van der Waals surface area contributed by atoms with Crippen LogP contribution >= 0.6 is 0 Å². The van der Waals surface area contributed by atoms with Gasteiger partial charge in [-0.1, -0.05) is 0 Å². The number of hydrogen-bond acceptors (Lipinski definition) is 0. The fourth-order valence-corrected chi connectivity index (χ4v) is 0. The molecular formula is CuFeS2. The molecule has 0 saturated carbocycles. The largest absolute Gasteiger partial charge is 2.00 e. The number of hydrogen-bond donors (Lipinski definition) is 0. The van der Waals surface area contributed by atoms with Gasteiger partial charge in [-0.15, -0.1) is 0 Å². The predicted octanol–water partition coefficient (Wildman–Crippen LogP) is -0.00980. The summed E-state index contributed by atoms with van der Waals surface area (Å²) in [6, 6.07) is 0. The molecule has 0 saturated heterocycles. The van der Waals surface area contributed by atoms with Gasteiger partial charge in [-0.25, -0.2) is 0 Å². The fraction of sp³-hybridized carbons (Fsp3) is 0. The molecule has 0 bridgehead atoms. The molecule has 0 nitrogen and oxygen atoms in total. The van der Waals surface area contributed by atoms with Gasteiger partial charge >= 0.3 is 34.1 Å². The van der Waals surface area contributed by atoms with Gasteiger partial charge in [0.2, 0.25) is 0 Å². The maximum Gasteiger partial charge on any atom is 2.00 e. The van der Waals surface area contributed by atoms with Gasteiger partial charge in [-0.3, -0.25) is 0 Å². The van der Waals surface area contributed by atoms with Crippen molar-refractivity contribution in [3.63, 3.8) is 0 Å². The molecule has 0 amide bonds. The zero-order valence-corrected chi connectivity index (χ0v) is 5.15. The summed E-state index contributed by atoms with van der Waals surface area (Å²) in [6.07, 6.45) is 0. The summed E-state index contributed by atoms with van der Waals surface area (Å²) < 4.78 is 0. The van der Waals surface area contributed by atoms with Crippen molar-refractivity contribution in [3.05, 3.63) is 0 Å². The second kappa shape index (κ2) is 21.9. The van der Waals surface area contributed by atoms with Gasteiger partial charge in [0.25, 0.3) is 0 Å². The molecule has 0 fully saturated rings. The van der Waals surface area contributed by atoms with Crippen molar-refractivity contribution in [2.45, 2.75) is 0 Å². The van der Waals surface area contributed by atoms with Crippen molar-refractivity contribution >= 4 is 27.0 Å². The van der Waals surface area contributed by atoms with Gasteiger partial charge in [-0.05, 0) is 0 Å². The van der Waals surface area contributed by atoms with E-state index in [0.29, 0.717) is 0 Å². The first-order valence-electron chi connectivity index (χ1n) is 0. The third-order valence-corrected chi connectivity index (χ3v) is 0. The van der Waals surface area contributed by atoms with Crippen molar-refractivity contribution in [1.29, 1.82) is 0 Å². The van der Waals surface area contributed by atoms with Gasteiger partial charge in [0.05, 0.1) is 0 Å². The normalized spacial score (nSPS) is 0. The molecular weight excluding hydrogens is 184 g/mol. The van der Waals surface area contributed by atoms with Crippen molar-refractivity contribution < 1.29 is 34.1 Å². The minimum absolute atomic E-state index is 0. The van der Waals surface area contributed by atoms with Crippen LogP contribution in [0, 0.1) is 0 Å². The molecule has 0 aromatic heterocycles. The van der Waals surface area contributed by atoms with Crippen LogP contribution in [-0.2, 0) is 61.1 Å². The average molecular weight is 184 g/mol. The Labute approximate surface area is 60.9 Å². The SMILES string of the molecule is [Cu+2].[Fe+2].[S-2].[S-2]. The minimum atomic E-state index is 0. The zero-order chi connectivity index (χ0) is 0. The Morgan fingerprint density at radius 1 is 0.750 bits per heavy atom. The molecule has 0 rings (SSSR count). The van der Waals surface area contributed by atoms with Crippen molar-refractivity contribution in [1.82, 2.24) is 0 Å². The topological polar surface area (TPSA) is 0 Å². The Hall–Kier alpha value is 1.74. The van der Waals surface area contributed by atoms with E-state index in [1.807, 2.05) is 0 Å². The summed E-state index contributed by atoms with van der Waals surface area (Å²) in [7, 11) is 0. The Morgan fingerprint density at radius 2 is 0.750 bits per heavy atom.